The molecule has 0 radical (unpaired) electrons. The van der Waals surface area contributed by atoms with Gasteiger partial charge in [0.15, 0.2) is 0 Å². The lowest BCUT2D eigenvalue weighted by Gasteiger charge is -2.21. The van der Waals surface area contributed by atoms with Crippen molar-refractivity contribution >= 4 is 11.6 Å². The highest BCUT2D eigenvalue weighted by Gasteiger charge is 2.40. The Kier molecular flexibility index (Phi) is 3.79. The van der Waals surface area contributed by atoms with E-state index in [1.165, 1.54) is 25.7 Å². The van der Waals surface area contributed by atoms with Crippen LogP contribution < -0.4 is 11.1 Å². The zero-order valence-electron chi connectivity index (χ0n) is 12.1. The second-order valence-corrected chi connectivity index (χ2v) is 6.56. The van der Waals surface area contributed by atoms with Gasteiger partial charge in [-0.1, -0.05) is 24.6 Å². The van der Waals surface area contributed by atoms with E-state index in [-0.39, 0.29) is 11.9 Å². The minimum atomic E-state index is -0.0611. The summed E-state index contributed by atoms with van der Waals surface area (Å²) in [4.78, 5) is 12.3. The molecule has 108 valence electrons. The van der Waals surface area contributed by atoms with Crippen LogP contribution in [0.3, 0.4) is 0 Å². The molecule has 1 aromatic rings. The van der Waals surface area contributed by atoms with Crippen LogP contribution in [-0.4, -0.2) is 5.91 Å². The highest BCUT2D eigenvalue weighted by atomic mass is 16.1. The minimum absolute atomic E-state index is 0.0611. The van der Waals surface area contributed by atoms with E-state index in [4.69, 9.17) is 5.73 Å². The summed E-state index contributed by atoms with van der Waals surface area (Å²) < 4.78 is 0. The van der Waals surface area contributed by atoms with Crippen LogP contribution in [-0.2, 0) is 4.79 Å². The molecule has 1 aromatic carbocycles. The number of anilines is 1. The quantitative estimate of drug-likeness (QED) is 0.881. The maximum Gasteiger partial charge on any atom is 0.224 e. The zero-order valence-corrected chi connectivity index (χ0v) is 12.1. The predicted octanol–water partition coefficient (Wildman–Crippen LogP) is 3.47. The molecule has 2 saturated carbocycles. The summed E-state index contributed by atoms with van der Waals surface area (Å²) in [5.41, 5.74) is 7.83. The van der Waals surface area contributed by atoms with Gasteiger partial charge < -0.3 is 11.1 Å². The molecular formula is C17H24N2O. The van der Waals surface area contributed by atoms with Gasteiger partial charge in [0.05, 0.1) is 0 Å². The van der Waals surface area contributed by atoms with Crippen molar-refractivity contribution in [1.29, 1.82) is 0 Å². The molecular weight excluding hydrogens is 248 g/mol. The lowest BCUT2D eigenvalue weighted by Crippen LogP contribution is -2.21. The third-order valence-corrected chi connectivity index (χ3v) is 5.06. The molecule has 20 heavy (non-hydrogen) atoms. The maximum absolute atomic E-state index is 12.3. The van der Waals surface area contributed by atoms with Gasteiger partial charge in [0.2, 0.25) is 5.91 Å². The van der Waals surface area contributed by atoms with E-state index in [2.05, 4.69) is 5.32 Å². The first kappa shape index (κ1) is 13.6. The molecule has 2 aliphatic carbocycles. The van der Waals surface area contributed by atoms with Crippen molar-refractivity contribution in [2.75, 3.05) is 5.32 Å². The van der Waals surface area contributed by atoms with Crippen molar-refractivity contribution in [3.05, 3.63) is 29.8 Å². The van der Waals surface area contributed by atoms with Crippen molar-refractivity contribution in [2.45, 2.75) is 45.1 Å². The van der Waals surface area contributed by atoms with E-state index in [1.807, 2.05) is 31.2 Å². The Morgan fingerprint density at radius 3 is 2.80 bits per heavy atom. The van der Waals surface area contributed by atoms with Gasteiger partial charge in [-0.25, -0.2) is 0 Å². The molecule has 2 bridgehead atoms. The Hall–Kier alpha value is -1.35. The summed E-state index contributed by atoms with van der Waals surface area (Å²) >= 11 is 0. The van der Waals surface area contributed by atoms with Crippen LogP contribution in [0.4, 0.5) is 5.69 Å². The van der Waals surface area contributed by atoms with Crippen LogP contribution in [0, 0.1) is 17.8 Å². The summed E-state index contributed by atoms with van der Waals surface area (Å²) in [6, 6.07) is 7.77. The van der Waals surface area contributed by atoms with Gasteiger partial charge in [-0.3, -0.25) is 4.79 Å². The van der Waals surface area contributed by atoms with Crippen LogP contribution in [0.25, 0.3) is 0 Å². The average Bonchev–Trinajstić information content (AvgIpc) is 3.01. The number of nitrogens with one attached hydrogen (secondary N) is 1. The Morgan fingerprint density at radius 2 is 2.15 bits per heavy atom. The van der Waals surface area contributed by atoms with Crippen LogP contribution in [0.2, 0.25) is 0 Å². The summed E-state index contributed by atoms with van der Waals surface area (Å²) in [5.74, 6) is 2.45. The molecule has 0 saturated heterocycles. The smallest absolute Gasteiger partial charge is 0.224 e. The lowest BCUT2D eigenvalue weighted by molar-refractivity contribution is -0.117. The SMILES string of the molecule is CC(N)c1ccccc1NC(=O)CC1CC2CCC1C2. The normalized spacial score (nSPS) is 29.4. The average molecular weight is 272 g/mol. The molecule has 3 N–H and O–H groups in total. The highest BCUT2D eigenvalue weighted by Crippen LogP contribution is 2.49. The van der Waals surface area contributed by atoms with E-state index in [0.29, 0.717) is 12.3 Å². The van der Waals surface area contributed by atoms with Crippen LogP contribution in [0.15, 0.2) is 24.3 Å². The van der Waals surface area contributed by atoms with E-state index in [1.54, 1.807) is 0 Å². The first-order valence-corrected chi connectivity index (χ1v) is 7.78. The van der Waals surface area contributed by atoms with Gasteiger partial charge in [0.1, 0.15) is 0 Å². The van der Waals surface area contributed by atoms with Crippen LogP contribution in [0.1, 0.15) is 50.6 Å². The predicted molar refractivity (Wildman–Crippen MR) is 81.2 cm³/mol. The van der Waals surface area contributed by atoms with Crippen molar-refractivity contribution in [1.82, 2.24) is 0 Å². The lowest BCUT2D eigenvalue weighted by atomic mass is 9.86. The third-order valence-electron chi connectivity index (χ3n) is 5.06. The molecule has 3 nitrogen and oxygen atoms in total. The number of carbonyl (C=O) groups excluding carboxylic acids is 1. The fourth-order valence-electron chi connectivity index (χ4n) is 4.07. The van der Waals surface area contributed by atoms with Gasteiger partial charge in [0.25, 0.3) is 0 Å². The Balaban J connectivity index is 1.62. The number of fused-ring (bicyclic) bond motifs is 2. The highest BCUT2D eigenvalue weighted by molar-refractivity contribution is 5.91. The number of nitrogens with two attached hydrogens (primary N) is 1. The second kappa shape index (κ2) is 5.57. The molecule has 1 amide bonds. The molecule has 2 aliphatic rings. The van der Waals surface area contributed by atoms with Crippen LogP contribution >= 0.6 is 0 Å². The maximum atomic E-state index is 12.3. The molecule has 0 aliphatic heterocycles. The Bertz CT molecular complexity index is 498. The molecule has 0 heterocycles. The van der Waals surface area contributed by atoms with Crippen molar-refractivity contribution in [3.8, 4) is 0 Å². The fourth-order valence-corrected chi connectivity index (χ4v) is 4.07. The van der Waals surface area contributed by atoms with Gasteiger partial charge in [-0.2, -0.15) is 0 Å². The van der Waals surface area contributed by atoms with Gasteiger partial charge in [-0.05, 0) is 55.6 Å². The first-order valence-electron chi connectivity index (χ1n) is 7.78. The second-order valence-electron chi connectivity index (χ2n) is 6.56. The monoisotopic (exact) mass is 272 g/mol. The Labute approximate surface area is 120 Å². The number of hydrogen-bond acceptors (Lipinski definition) is 2. The number of amides is 1. The number of para-hydroxylation sites is 1. The molecule has 4 atom stereocenters. The number of carbonyl (C=O) groups is 1. The van der Waals surface area contributed by atoms with Crippen molar-refractivity contribution in [2.24, 2.45) is 23.5 Å². The number of benzene rings is 1. The van der Waals surface area contributed by atoms with Crippen molar-refractivity contribution in [3.63, 3.8) is 0 Å². The first-order chi connectivity index (χ1) is 9.63. The van der Waals surface area contributed by atoms with Gasteiger partial charge in [-0.15, -0.1) is 0 Å². The zero-order chi connectivity index (χ0) is 14.1. The third kappa shape index (κ3) is 2.73. The molecule has 0 spiro atoms. The largest absolute Gasteiger partial charge is 0.326 e. The van der Waals surface area contributed by atoms with E-state index in [9.17, 15) is 4.79 Å². The van der Waals surface area contributed by atoms with E-state index < -0.39 is 0 Å². The van der Waals surface area contributed by atoms with E-state index >= 15 is 0 Å². The summed E-state index contributed by atoms with van der Waals surface area (Å²) in [6.07, 6.45) is 6.01. The van der Waals surface area contributed by atoms with Crippen LogP contribution in [0.5, 0.6) is 0 Å². The fraction of sp³-hybridized carbons (Fsp3) is 0.588. The van der Waals surface area contributed by atoms with Crippen molar-refractivity contribution < 1.29 is 4.79 Å². The summed E-state index contributed by atoms with van der Waals surface area (Å²) in [5, 5.41) is 3.06. The molecule has 4 unspecified atom stereocenters. The Morgan fingerprint density at radius 1 is 1.35 bits per heavy atom. The molecule has 3 heteroatoms. The molecule has 2 fully saturated rings. The summed E-state index contributed by atoms with van der Waals surface area (Å²) in [7, 11) is 0. The minimum Gasteiger partial charge on any atom is -0.326 e. The number of hydrogen-bond donors (Lipinski definition) is 2. The molecule has 0 aromatic heterocycles. The molecule has 3 rings (SSSR count). The summed E-state index contributed by atoms with van der Waals surface area (Å²) in [6.45, 7) is 1.95. The van der Waals surface area contributed by atoms with Gasteiger partial charge >= 0.3 is 0 Å². The topological polar surface area (TPSA) is 55.1 Å². The standard InChI is InChI=1S/C17H24N2O/c1-11(18)15-4-2-3-5-16(15)19-17(20)10-14-9-12-6-7-13(14)8-12/h2-5,11-14H,6-10,18H2,1H3,(H,19,20). The van der Waals surface area contributed by atoms with Gasteiger partial charge in [0, 0.05) is 18.2 Å². The van der Waals surface area contributed by atoms with E-state index in [0.717, 1.165) is 23.1 Å². The number of rotatable bonds is 4.